The van der Waals surface area contributed by atoms with Crippen LogP contribution in [-0.2, 0) is 0 Å². The maximum atomic E-state index is 3.66. The van der Waals surface area contributed by atoms with Crippen molar-refractivity contribution in [1.82, 2.24) is 8.97 Å². The van der Waals surface area contributed by atoms with Crippen LogP contribution in [0.2, 0.25) is 0 Å². The van der Waals surface area contributed by atoms with Crippen molar-refractivity contribution in [3.8, 4) is 16.9 Å². The van der Waals surface area contributed by atoms with E-state index in [4.69, 9.17) is 0 Å². The van der Waals surface area contributed by atoms with Crippen molar-refractivity contribution in [3.63, 3.8) is 0 Å². The zero-order chi connectivity index (χ0) is 40.5. The number of aromatic nitrogens is 2. The fraction of sp³-hybridized carbons (Fsp3) is 0.218. The predicted octanol–water partition coefficient (Wildman–Crippen LogP) is 14.1. The summed E-state index contributed by atoms with van der Waals surface area (Å²) in [4.78, 5) is 0. The molecule has 0 amide bonds. The van der Waals surface area contributed by atoms with Gasteiger partial charge in [0.25, 0.3) is 0 Å². The molecule has 2 aromatic heterocycles. The molecular formula is C55H54N2Se. The first-order valence-corrected chi connectivity index (χ1v) is 21.7. The number of benzene rings is 6. The second-order valence-corrected chi connectivity index (χ2v) is 17.6. The number of aryl methyl sites for hydroxylation is 1. The average Bonchev–Trinajstić information content (AvgIpc) is 3.57. The van der Waals surface area contributed by atoms with E-state index in [-0.39, 0.29) is 11.8 Å². The molecule has 2 heterocycles. The second kappa shape index (κ2) is 16.8. The molecule has 0 radical (unpaired) electrons. The zero-order valence-corrected chi connectivity index (χ0v) is 36.6. The summed E-state index contributed by atoms with van der Waals surface area (Å²) in [5, 5.41) is 0. The summed E-state index contributed by atoms with van der Waals surface area (Å²) in [6, 6.07) is 60.8. The number of nitrogens with zero attached hydrogens (tertiary/aromatic N) is 2. The van der Waals surface area contributed by atoms with Crippen molar-refractivity contribution in [3.05, 3.63) is 230 Å². The van der Waals surface area contributed by atoms with Crippen LogP contribution in [0.15, 0.2) is 170 Å². The number of pyridine rings is 1. The van der Waals surface area contributed by atoms with Gasteiger partial charge >= 0.3 is 355 Å². The Labute approximate surface area is 353 Å². The predicted molar refractivity (Wildman–Crippen MR) is 246 cm³/mol. The van der Waals surface area contributed by atoms with E-state index in [1.54, 1.807) is 0 Å². The molecule has 0 aliphatic carbocycles. The number of hydrogen-bond donors (Lipinski definition) is 0. The normalized spacial score (nSPS) is 11.9. The zero-order valence-electron chi connectivity index (χ0n) is 34.9. The molecule has 3 heteroatoms. The van der Waals surface area contributed by atoms with Crippen LogP contribution in [0.3, 0.4) is 0 Å². The molecule has 0 aliphatic heterocycles. The number of rotatable bonds is 11. The van der Waals surface area contributed by atoms with Crippen LogP contribution in [-0.4, -0.2) is 24.5 Å². The van der Waals surface area contributed by atoms with Crippen LogP contribution in [0.25, 0.3) is 22.5 Å². The standard InChI is InChI=1S/C55H54N2Se/c1-36(2)44-33-46(37(3)4)53(47(34-44)38(5)6)50-30-20-29-45-35-56(55(58)57(45)50)54-48(51(40-21-12-8-13-22-40)41-23-14-9-15-24-41)31-39(7)32-49(54)52(42-25-16-10-17-26-42)43-27-18-11-19-28-43/h8-38,51-52H,1-7H3. The van der Waals surface area contributed by atoms with Crippen molar-refractivity contribution in [1.29, 1.82) is 0 Å². The van der Waals surface area contributed by atoms with Crippen LogP contribution >= 0.6 is 0 Å². The molecule has 0 saturated heterocycles. The summed E-state index contributed by atoms with van der Waals surface area (Å²) in [5.74, 6) is 1.14. The minimum absolute atomic E-state index is 0.0127. The molecular weight excluding hydrogens is 768 g/mol. The van der Waals surface area contributed by atoms with Crippen molar-refractivity contribution in [2.45, 2.75) is 78.1 Å². The number of fused-ring (bicyclic) bond motifs is 1. The van der Waals surface area contributed by atoms with Gasteiger partial charge in [-0.3, -0.25) is 0 Å². The molecule has 6 aromatic carbocycles. The Hall–Kier alpha value is -5.47. The molecule has 0 spiro atoms. The first-order chi connectivity index (χ1) is 28.1. The van der Waals surface area contributed by atoms with E-state index in [0.29, 0.717) is 17.8 Å². The summed E-state index contributed by atoms with van der Waals surface area (Å²) in [7, 11) is 0. The van der Waals surface area contributed by atoms with E-state index in [0.717, 1.165) is 9.84 Å². The summed E-state index contributed by atoms with van der Waals surface area (Å²) in [5.41, 5.74) is 18.0. The van der Waals surface area contributed by atoms with Gasteiger partial charge in [0.2, 0.25) is 0 Å². The molecule has 0 unspecified atom stereocenters. The van der Waals surface area contributed by atoms with E-state index >= 15 is 0 Å². The first-order valence-electron chi connectivity index (χ1n) is 20.9. The summed E-state index contributed by atoms with van der Waals surface area (Å²) in [6.45, 7) is 16.2. The molecule has 0 N–H and O–H groups in total. The summed E-state index contributed by atoms with van der Waals surface area (Å²) in [6.07, 6.45) is 2.36. The maximum absolute atomic E-state index is 3.66. The van der Waals surface area contributed by atoms with E-state index < -0.39 is 0 Å². The van der Waals surface area contributed by atoms with Gasteiger partial charge in [0.1, 0.15) is 0 Å². The molecule has 2 nitrogen and oxygen atoms in total. The fourth-order valence-corrected chi connectivity index (χ4v) is 9.71. The van der Waals surface area contributed by atoms with Crippen LogP contribution in [0, 0.1) is 11.2 Å². The van der Waals surface area contributed by atoms with Crippen LogP contribution in [0.1, 0.15) is 127 Å². The van der Waals surface area contributed by atoms with E-state index in [9.17, 15) is 0 Å². The molecule has 58 heavy (non-hydrogen) atoms. The Morgan fingerprint density at radius 3 is 1.22 bits per heavy atom. The molecule has 0 atom stereocenters. The Balaban J connectivity index is 1.51. The average molecular weight is 822 g/mol. The Morgan fingerprint density at radius 2 is 0.845 bits per heavy atom. The third-order valence-corrected chi connectivity index (χ3v) is 12.6. The molecule has 0 bridgehead atoms. The van der Waals surface area contributed by atoms with Crippen LogP contribution in [0.4, 0.5) is 0 Å². The van der Waals surface area contributed by atoms with Crippen LogP contribution in [0.5, 0.6) is 0 Å². The van der Waals surface area contributed by atoms with Gasteiger partial charge in [-0.1, -0.05) is 0 Å². The van der Waals surface area contributed by atoms with E-state index in [1.807, 2.05) is 0 Å². The third-order valence-electron chi connectivity index (χ3n) is 11.8. The fourth-order valence-electron chi connectivity index (χ4n) is 8.98. The van der Waals surface area contributed by atoms with Gasteiger partial charge in [-0.05, 0) is 0 Å². The molecule has 8 rings (SSSR count). The third kappa shape index (κ3) is 7.50. The van der Waals surface area contributed by atoms with Gasteiger partial charge in [0.15, 0.2) is 0 Å². The minimum atomic E-state index is -0.0127. The Morgan fingerprint density at radius 1 is 0.431 bits per heavy atom. The van der Waals surface area contributed by atoms with Crippen molar-refractivity contribution in [2.24, 2.45) is 0 Å². The second-order valence-electron chi connectivity index (χ2n) is 16.8. The van der Waals surface area contributed by atoms with E-state index in [2.05, 4.69) is 243 Å². The van der Waals surface area contributed by atoms with Gasteiger partial charge < -0.3 is 0 Å². The monoisotopic (exact) mass is 822 g/mol. The molecule has 8 aromatic rings. The Bertz CT molecular complexity index is 2510. The van der Waals surface area contributed by atoms with Crippen molar-refractivity contribution >= 4 is 21.1 Å². The van der Waals surface area contributed by atoms with Gasteiger partial charge in [0, 0.05) is 0 Å². The summed E-state index contributed by atoms with van der Waals surface area (Å²) < 4.78 is 5.98. The summed E-state index contributed by atoms with van der Waals surface area (Å²) >= 11 is 3.66. The van der Waals surface area contributed by atoms with Gasteiger partial charge in [-0.2, -0.15) is 0 Å². The van der Waals surface area contributed by atoms with Gasteiger partial charge in [-0.15, -0.1) is 0 Å². The van der Waals surface area contributed by atoms with Crippen molar-refractivity contribution < 1.29 is 0 Å². The Kier molecular flexibility index (Phi) is 11.4. The van der Waals surface area contributed by atoms with Gasteiger partial charge in [-0.25, -0.2) is 0 Å². The molecule has 0 fully saturated rings. The molecule has 290 valence electrons. The topological polar surface area (TPSA) is 9.34 Å². The van der Waals surface area contributed by atoms with E-state index in [1.165, 1.54) is 72.6 Å². The molecule has 0 saturated carbocycles. The SMILES string of the molecule is Cc1cc(C(c2ccccc2)c2ccccc2)c(-n2cc3cccc(-c4c(C(C)C)cc(C(C)C)cc4C(C)C)n3c2=[Se])c(C(c2ccccc2)c2ccccc2)c1. The first kappa shape index (κ1) is 39.4. The van der Waals surface area contributed by atoms with Gasteiger partial charge in [0.05, 0.1) is 0 Å². The number of hydrogen-bond acceptors (Lipinski definition) is 0. The van der Waals surface area contributed by atoms with Crippen LogP contribution < -0.4 is 0 Å². The quantitative estimate of drug-likeness (QED) is 0.0908. The van der Waals surface area contributed by atoms with Crippen molar-refractivity contribution in [2.75, 3.05) is 0 Å². The molecule has 0 aliphatic rings. The number of imidazole rings is 1.